The zero-order chi connectivity index (χ0) is 21.1. The van der Waals surface area contributed by atoms with E-state index in [4.69, 9.17) is 13.9 Å². The number of carbonyl (C=O) groups excluding carboxylic acids is 1. The van der Waals surface area contributed by atoms with Crippen LogP contribution >= 0.6 is 11.8 Å². The summed E-state index contributed by atoms with van der Waals surface area (Å²) < 4.78 is 18.2. The first kappa shape index (κ1) is 20.3. The maximum absolute atomic E-state index is 12.5. The van der Waals surface area contributed by atoms with Gasteiger partial charge in [-0.3, -0.25) is 9.36 Å². The van der Waals surface area contributed by atoms with Crippen LogP contribution in [0.15, 0.2) is 46.2 Å². The molecule has 3 aromatic rings. The number of hydrogen-bond donors (Lipinski definition) is 1. The van der Waals surface area contributed by atoms with Crippen molar-refractivity contribution in [3.05, 3.63) is 42.2 Å². The molecule has 8 nitrogen and oxygen atoms in total. The fraction of sp³-hybridized carbons (Fsp3) is 0.381. The Morgan fingerprint density at radius 2 is 2.03 bits per heavy atom. The van der Waals surface area contributed by atoms with Gasteiger partial charge in [0.15, 0.2) is 28.2 Å². The van der Waals surface area contributed by atoms with Crippen LogP contribution in [0.4, 0.5) is 0 Å². The van der Waals surface area contributed by atoms with Crippen molar-refractivity contribution in [2.24, 2.45) is 5.92 Å². The second-order valence-electron chi connectivity index (χ2n) is 7.48. The van der Waals surface area contributed by atoms with Crippen LogP contribution in [0.3, 0.4) is 0 Å². The first-order chi connectivity index (χ1) is 14.5. The van der Waals surface area contributed by atoms with Gasteiger partial charge < -0.3 is 19.2 Å². The van der Waals surface area contributed by atoms with Gasteiger partial charge in [-0.05, 0) is 42.7 Å². The molecular weight excluding hydrogens is 404 g/mol. The molecule has 3 heterocycles. The zero-order valence-corrected chi connectivity index (χ0v) is 17.9. The van der Waals surface area contributed by atoms with E-state index in [9.17, 15) is 4.79 Å². The van der Waals surface area contributed by atoms with Crippen molar-refractivity contribution in [3.63, 3.8) is 0 Å². The highest BCUT2D eigenvalue weighted by atomic mass is 32.2. The Labute approximate surface area is 179 Å². The third kappa shape index (κ3) is 4.46. The molecule has 1 unspecified atom stereocenters. The molecule has 0 saturated heterocycles. The van der Waals surface area contributed by atoms with Gasteiger partial charge in [-0.15, -0.1) is 10.2 Å². The maximum atomic E-state index is 12.5. The Morgan fingerprint density at radius 1 is 1.20 bits per heavy atom. The van der Waals surface area contributed by atoms with Crippen molar-refractivity contribution in [2.75, 3.05) is 12.5 Å². The van der Waals surface area contributed by atoms with E-state index < -0.39 is 0 Å². The molecule has 0 aliphatic carbocycles. The summed E-state index contributed by atoms with van der Waals surface area (Å²) in [5.41, 5.74) is 0.959. The number of ether oxygens (including phenoxy) is 2. The van der Waals surface area contributed by atoms with Crippen LogP contribution in [0.5, 0.6) is 11.5 Å². The van der Waals surface area contributed by atoms with Crippen LogP contribution in [0.25, 0.3) is 11.6 Å². The number of carbonyl (C=O) groups is 1. The van der Waals surface area contributed by atoms with Crippen LogP contribution < -0.4 is 14.8 Å². The molecule has 0 fully saturated rings. The van der Waals surface area contributed by atoms with Crippen molar-refractivity contribution in [1.29, 1.82) is 0 Å². The lowest BCUT2D eigenvalue weighted by Crippen LogP contribution is -2.28. The SMILES string of the molecule is CC(C)Cn1c(SCC(=O)NC(C)c2ccc3c(c2)OCO3)nnc1-c1ccco1. The smallest absolute Gasteiger partial charge is 0.231 e. The number of benzene rings is 1. The first-order valence-corrected chi connectivity index (χ1v) is 10.8. The largest absolute Gasteiger partial charge is 0.461 e. The average molecular weight is 429 g/mol. The van der Waals surface area contributed by atoms with Crippen LogP contribution in [0.1, 0.15) is 32.4 Å². The van der Waals surface area contributed by atoms with Crippen molar-refractivity contribution in [3.8, 4) is 23.1 Å². The average Bonchev–Trinajstić information content (AvgIpc) is 3.46. The zero-order valence-electron chi connectivity index (χ0n) is 17.1. The Balaban J connectivity index is 1.40. The normalized spacial score (nSPS) is 13.6. The monoisotopic (exact) mass is 428 g/mol. The predicted octanol–water partition coefficient (Wildman–Crippen LogP) is 3.89. The Morgan fingerprint density at radius 3 is 2.80 bits per heavy atom. The van der Waals surface area contributed by atoms with Crippen LogP contribution in [0.2, 0.25) is 0 Å². The molecule has 0 spiro atoms. The van der Waals surface area contributed by atoms with E-state index in [0.717, 1.165) is 17.9 Å². The van der Waals surface area contributed by atoms with Crippen molar-refractivity contribution in [1.82, 2.24) is 20.1 Å². The lowest BCUT2D eigenvalue weighted by atomic mass is 10.1. The van der Waals surface area contributed by atoms with E-state index in [1.807, 2.05) is 41.8 Å². The third-order valence-corrected chi connectivity index (χ3v) is 5.58. The molecule has 1 N–H and O–H groups in total. The van der Waals surface area contributed by atoms with Crippen LogP contribution in [-0.2, 0) is 11.3 Å². The van der Waals surface area contributed by atoms with E-state index in [0.29, 0.717) is 28.4 Å². The number of fused-ring (bicyclic) bond motifs is 1. The van der Waals surface area contributed by atoms with Crippen molar-refractivity contribution in [2.45, 2.75) is 38.5 Å². The highest BCUT2D eigenvalue weighted by Gasteiger charge is 2.20. The second-order valence-corrected chi connectivity index (χ2v) is 8.42. The van der Waals surface area contributed by atoms with E-state index in [2.05, 4.69) is 29.4 Å². The summed E-state index contributed by atoms with van der Waals surface area (Å²) in [4.78, 5) is 12.5. The minimum atomic E-state index is -0.153. The number of aromatic nitrogens is 3. The highest BCUT2D eigenvalue weighted by Crippen LogP contribution is 2.34. The molecule has 0 bridgehead atoms. The number of thioether (sulfide) groups is 1. The number of amides is 1. The van der Waals surface area contributed by atoms with Crippen LogP contribution in [0, 0.1) is 5.92 Å². The molecule has 1 aromatic carbocycles. The summed E-state index contributed by atoms with van der Waals surface area (Å²) in [5, 5.41) is 12.3. The molecule has 4 rings (SSSR count). The van der Waals surface area contributed by atoms with E-state index in [1.54, 1.807) is 6.26 Å². The number of furan rings is 1. The summed E-state index contributed by atoms with van der Waals surface area (Å²) in [6, 6.07) is 9.21. The van der Waals surface area contributed by atoms with Gasteiger partial charge in [-0.1, -0.05) is 31.7 Å². The van der Waals surface area contributed by atoms with Crippen LogP contribution in [-0.4, -0.2) is 33.2 Å². The summed E-state index contributed by atoms with van der Waals surface area (Å²) in [6.45, 7) is 7.16. The maximum Gasteiger partial charge on any atom is 0.231 e. The number of hydrogen-bond acceptors (Lipinski definition) is 7. The lowest BCUT2D eigenvalue weighted by Gasteiger charge is -2.15. The van der Waals surface area contributed by atoms with Crippen molar-refractivity contribution < 1.29 is 18.7 Å². The molecule has 30 heavy (non-hydrogen) atoms. The molecule has 158 valence electrons. The van der Waals surface area contributed by atoms with E-state index >= 15 is 0 Å². The fourth-order valence-corrected chi connectivity index (χ4v) is 3.95. The molecule has 0 radical (unpaired) electrons. The highest BCUT2D eigenvalue weighted by molar-refractivity contribution is 7.99. The topological polar surface area (TPSA) is 91.4 Å². The molecule has 0 saturated carbocycles. The van der Waals surface area contributed by atoms with Gasteiger partial charge >= 0.3 is 0 Å². The summed E-state index contributed by atoms with van der Waals surface area (Å²) in [5.74, 6) is 3.32. The molecule has 2 aromatic heterocycles. The first-order valence-electron chi connectivity index (χ1n) is 9.80. The quantitative estimate of drug-likeness (QED) is 0.544. The van der Waals surface area contributed by atoms with E-state index in [1.165, 1.54) is 11.8 Å². The van der Waals surface area contributed by atoms with Gasteiger partial charge in [-0.2, -0.15) is 0 Å². The summed E-state index contributed by atoms with van der Waals surface area (Å²) in [7, 11) is 0. The molecule has 1 aliphatic rings. The van der Waals surface area contributed by atoms with Gasteiger partial charge in [0.25, 0.3) is 0 Å². The standard InChI is InChI=1S/C21H24N4O4S/c1-13(2)10-25-20(17-5-4-8-27-17)23-24-21(25)30-11-19(26)22-14(3)15-6-7-16-18(9-15)29-12-28-16/h4-9,13-14H,10-12H2,1-3H3,(H,22,26). The molecule has 1 amide bonds. The van der Waals surface area contributed by atoms with Gasteiger partial charge in [0.05, 0.1) is 18.1 Å². The molecular formula is C21H24N4O4S. The van der Waals surface area contributed by atoms with E-state index in [-0.39, 0.29) is 24.5 Å². The fourth-order valence-electron chi connectivity index (χ4n) is 3.19. The minimum absolute atomic E-state index is 0.0798. The third-order valence-electron chi connectivity index (χ3n) is 4.61. The summed E-state index contributed by atoms with van der Waals surface area (Å²) >= 11 is 1.36. The van der Waals surface area contributed by atoms with Gasteiger partial charge in [0, 0.05) is 6.54 Å². The number of nitrogens with zero attached hydrogens (tertiary/aromatic N) is 3. The number of rotatable bonds is 8. The lowest BCUT2D eigenvalue weighted by molar-refractivity contribution is -0.119. The Kier molecular flexibility index (Phi) is 5.98. The number of nitrogens with one attached hydrogen (secondary N) is 1. The predicted molar refractivity (Wildman–Crippen MR) is 112 cm³/mol. The molecule has 1 atom stereocenters. The van der Waals surface area contributed by atoms with Gasteiger partial charge in [0.2, 0.25) is 12.7 Å². The minimum Gasteiger partial charge on any atom is -0.461 e. The van der Waals surface area contributed by atoms with Crippen molar-refractivity contribution >= 4 is 17.7 Å². The Bertz CT molecular complexity index is 1020. The molecule has 9 heteroatoms. The van der Waals surface area contributed by atoms with Gasteiger partial charge in [0.1, 0.15) is 0 Å². The van der Waals surface area contributed by atoms with Gasteiger partial charge in [-0.25, -0.2) is 0 Å². The summed E-state index contributed by atoms with van der Waals surface area (Å²) in [6.07, 6.45) is 1.61. The Hall–Kier alpha value is -2.94. The second kappa shape index (κ2) is 8.83. The molecule has 1 aliphatic heterocycles.